The Bertz CT molecular complexity index is 601. The van der Waals surface area contributed by atoms with Crippen molar-refractivity contribution in [2.45, 2.75) is 11.8 Å². The fourth-order valence-electron chi connectivity index (χ4n) is 1.92. The van der Waals surface area contributed by atoms with Gasteiger partial charge in [0.15, 0.2) is 0 Å². The Morgan fingerprint density at radius 1 is 1.17 bits per heavy atom. The van der Waals surface area contributed by atoms with E-state index in [-0.39, 0.29) is 0 Å². The predicted molar refractivity (Wildman–Crippen MR) is 63.5 cm³/mol. The van der Waals surface area contributed by atoms with Crippen molar-refractivity contribution in [2.24, 2.45) is 0 Å². The molecule has 2 unspecified atom stereocenters. The first-order chi connectivity index (χ1) is 8.76. The highest BCUT2D eigenvalue weighted by atomic mass is 17.1. The van der Waals surface area contributed by atoms with Crippen molar-refractivity contribution in [3.8, 4) is 0 Å². The number of allylic oxidation sites excluding steroid dienone is 2. The topological polar surface area (TPSA) is 80.4 Å². The quantitative estimate of drug-likeness (QED) is 0.611. The summed E-state index contributed by atoms with van der Waals surface area (Å²) in [5, 5.41) is 27.5. The molecule has 6 heteroatoms. The molecule has 0 fully saturated rings. The number of hydrogen-bond donors (Lipinski definition) is 2. The summed E-state index contributed by atoms with van der Waals surface area (Å²) in [6.45, 7) is 0. The number of aromatic nitrogens is 3. The van der Waals surface area contributed by atoms with Crippen LogP contribution in [0.4, 0.5) is 0 Å². The van der Waals surface area contributed by atoms with Gasteiger partial charge >= 0.3 is 0 Å². The first-order valence-electron chi connectivity index (χ1n) is 5.45. The summed E-state index contributed by atoms with van der Waals surface area (Å²) >= 11 is 0. The van der Waals surface area contributed by atoms with Gasteiger partial charge in [0.2, 0.25) is 0 Å². The highest BCUT2D eigenvalue weighted by molar-refractivity contribution is 5.73. The van der Waals surface area contributed by atoms with Gasteiger partial charge in [-0.2, -0.15) is 4.89 Å². The monoisotopic (exact) mass is 245 g/mol. The maximum Gasteiger partial charge on any atom is 0.260 e. The molecule has 0 saturated carbocycles. The average Bonchev–Trinajstić information content (AvgIpc) is 2.83. The van der Waals surface area contributed by atoms with Crippen molar-refractivity contribution in [1.82, 2.24) is 15.0 Å². The molecule has 0 amide bonds. The van der Waals surface area contributed by atoms with E-state index in [0.717, 1.165) is 0 Å². The molecule has 1 aliphatic carbocycles. The van der Waals surface area contributed by atoms with Crippen LogP contribution in [-0.2, 0) is 10.6 Å². The van der Waals surface area contributed by atoms with Crippen LogP contribution in [-0.4, -0.2) is 31.5 Å². The molecular weight excluding hydrogens is 234 g/mol. The Kier molecular flexibility index (Phi) is 2.48. The first-order valence-corrected chi connectivity index (χ1v) is 5.45. The van der Waals surface area contributed by atoms with Crippen molar-refractivity contribution < 1.29 is 15.3 Å². The number of aliphatic hydroxyl groups is 1. The molecule has 1 aromatic heterocycles. The molecule has 1 heterocycles. The summed E-state index contributed by atoms with van der Waals surface area (Å²) in [6.07, 6.45) is 5.22. The van der Waals surface area contributed by atoms with Gasteiger partial charge in [0.05, 0.1) is 0 Å². The third-order valence-electron chi connectivity index (χ3n) is 2.91. The van der Waals surface area contributed by atoms with Gasteiger partial charge in [0.1, 0.15) is 17.1 Å². The predicted octanol–water partition coefficient (Wildman–Crippen LogP) is 1.06. The first kappa shape index (κ1) is 11.1. The lowest BCUT2D eigenvalue weighted by atomic mass is 10.0. The van der Waals surface area contributed by atoms with E-state index < -0.39 is 11.8 Å². The molecule has 2 atom stereocenters. The fourth-order valence-corrected chi connectivity index (χ4v) is 1.92. The van der Waals surface area contributed by atoms with Crippen LogP contribution in [0.2, 0.25) is 0 Å². The van der Waals surface area contributed by atoms with Crippen molar-refractivity contribution >= 4 is 11.0 Å². The normalized spacial score (nSPS) is 26.9. The number of rotatable bonds is 2. The molecule has 1 aliphatic rings. The molecule has 0 saturated heterocycles. The Hall–Kier alpha value is -2.02. The van der Waals surface area contributed by atoms with Gasteiger partial charge in [-0.1, -0.05) is 30.4 Å². The highest BCUT2D eigenvalue weighted by Crippen LogP contribution is 2.27. The van der Waals surface area contributed by atoms with E-state index >= 15 is 0 Å². The second kappa shape index (κ2) is 4.02. The second-order valence-corrected chi connectivity index (χ2v) is 4.01. The van der Waals surface area contributed by atoms with Crippen LogP contribution in [0.25, 0.3) is 11.0 Å². The number of benzene rings is 1. The van der Waals surface area contributed by atoms with E-state index in [4.69, 9.17) is 5.26 Å². The average molecular weight is 245 g/mol. The molecule has 2 aromatic rings. The number of nitrogens with zero attached hydrogens (tertiary/aromatic N) is 3. The van der Waals surface area contributed by atoms with E-state index in [2.05, 4.69) is 15.1 Å². The molecule has 0 spiro atoms. The number of aliphatic hydroxyl groups excluding tert-OH is 1. The Morgan fingerprint density at radius 2 is 1.83 bits per heavy atom. The van der Waals surface area contributed by atoms with E-state index in [1.165, 1.54) is 16.9 Å². The fraction of sp³-hybridized carbons (Fsp3) is 0.167. The maximum absolute atomic E-state index is 9.97. The third-order valence-corrected chi connectivity index (χ3v) is 2.91. The standard InChI is InChI=1S/C12H11N3O3/c16-11-7-3-4-8-12(11,18-17)15-13-9-5-1-2-6-10(9)14-15/h1-8,11,16-17H. The zero-order valence-electron chi connectivity index (χ0n) is 9.34. The van der Waals surface area contributed by atoms with Gasteiger partial charge in [-0.05, 0) is 18.2 Å². The molecule has 1 aromatic carbocycles. The molecule has 0 aliphatic heterocycles. The van der Waals surface area contributed by atoms with Gasteiger partial charge in [0.25, 0.3) is 5.72 Å². The second-order valence-electron chi connectivity index (χ2n) is 4.01. The van der Waals surface area contributed by atoms with Gasteiger partial charge in [-0.15, -0.1) is 15.0 Å². The minimum absolute atomic E-state index is 0.657. The van der Waals surface area contributed by atoms with Crippen LogP contribution in [0.5, 0.6) is 0 Å². The van der Waals surface area contributed by atoms with Gasteiger partial charge < -0.3 is 5.11 Å². The largest absolute Gasteiger partial charge is 0.383 e. The lowest BCUT2D eigenvalue weighted by molar-refractivity contribution is -0.360. The Morgan fingerprint density at radius 3 is 2.39 bits per heavy atom. The smallest absolute Gasteiger partial charge is 0.260 e. The number of hydrogen-bond acceptors (Lipinski definition) is 5. The summed E-state index contributed by atoms with van der Waals surface area (Å²) in [4.78, 5) is 5.63. The Labute approximate surface area is 102 Å². The van der Waals surface area contributed by atoms with Gasteiger partial charge in [-0.25, -0.2) is 5.26 Å². The molecular formula is C12H11N3O3. The molecule has 3 rings (SSSR count). The summed E-state index contributed by atoms with van der Waals surface area (Å²) in [5.41, 5.74) is -0.207. The van der Waals surface area contributed by atoms with E-state index in [1.807, 2.05) is 12.1 Å². The zero-order chi connectivity index (χ0) is 12.6. The molecule has 92 valence electrons. The summed E-state index contributed by atoms with van der Waals surface area (Å²) in [7, 11) is 0. The molecule has 6 nitrogen and oxygen atoms in total. The minimum atomic E-state index is -1.52. The van der Waals surface area contributed by atoms with Crippen LogP contribution in [0.1, 0.15) is 0 Å². The van der Waals surface area contributed by atoms with E-state index in [9.17, 15) is 5.11 Å². The van der Waals surface area contributed by atoms with Gasteiger partial charge in [-0.3, -0.25) is 0 Å². The van der Waals surface area contributed by atoms with Crippen molar-refractivity contribution in [3.05, 3.63) is 48.6 Å². The van der Waals surface area contributed by atoms with Crippen LogP contribution in [0.3, 0.4) is 0 Å². The van der Waals surface area contributed by atoms with Crippen molar-refractivity contribution in [3.63, 3.8) is 0 Å². The molecule has 2 N–H and O–H groups in total. The highest BCUT2D eigenvalue weighted by Gasteiger charge is 2.42. The van der Waals surface area contributed by atoms with Gasteiger partial charge in [0, 0.05) is 0 Å². The SMILES string of the molecule is OOC1(n2nc3ccccc3n2)C=CC=CC1O. The summed E-state index contributed by atoms with van der Waals surface area (Å²) in [5.74, 6) is 0. The number of fused-ring (bicyclic) bond motifs is 1. The minimum Gasteiger partial charge on any atom is -0.383 e. The lowest BCUT2D eigenvalue weighted by Crippen LogP contribution is -2.46. The maximum atomic E-state index is 9.97. The van der Waals surface area contributed by atoms with E-state index in [1.54, 1.807) is 24.3 Å². The lowest BCUT2D eigenvalue weighted by Gasteiger charge is -2.30. The zero-order valence-corrected chi connectivity index (χ0v) is 9.34. The van der Waals surface area contributed by atoms with Crippen LogP contribution < -0.4 is 0 Å². The summed E-state index contributed by atoms with van der Waals surface area (Å²) < 4.78 is 0. The van der Waals surface area contributed by atoms with Crippen LogP contribution >= 0.6 is 0 Å². The molecule has 0 radical (unpaired) electrons. The third kappa shape index (κ3) is 1.47. The van der Waals surface area contributed by atoms with Crippen LogP contribution in [0.15, 0.2) is 48.6 Å². The van der Waals surface area contributed by atoms with E-state index in [0.29, 0.717) is 11.0 Å². The Balaban J connectivity index is 2.16. The molecule has 18 heavy (non-hydrogen) atoms. The van der Waals surface area contributed by atoms with Crippen molar-refractivity contribution in [2.75, 3.05) is 0 Å². The molecule has 0 bridgehead atoms. The van der Waals surface area contributed by atoms with Crippen LogP contribution in [0, 0.1) is 0 Å². The summed E-state index contributed by atoms with van der Waals surface area (Å²) in [6, 6.07) is 7.25. The van der Waals surface area contributed by atoms with Crippen molar-refractivity contribution in [1.29, 1.82) is 0 Å².